The van der Waals surface area contributed by atoms with Crippen LogP contribution in [0.15, 0.2) is 28.7 Å². The van der Waals surface area contributed by atoms with Crippen molar-refractivity contribution < 1.29 is 14.6 Å². The first-order valence-electron chi connectivity index (χ1n) is 5.73. The minimum absolute atomic E-state index is 0.322. The average molecular weight is 301 g/mol. The fourth-order valence-corrected chi connectivity index (χ4v) is 1.87. The Kier molecular flexibility index (Phi) is 6.22. The molecule has 1 unspecified atom stereocenters. The summed E-state index contributed by atoms with van der Waals surface area (Å²) in [5, 5.41) is 9.01. The second-order valence-electron chi connectivity index (χ2n) is 3.87. The second kappa shape index (κ2) is 7.45. The first kappa shape index (κ1) is 14.2. The Morgan fingerprint density at radius 2 is 2.18 bits per heavy atom. The molecule has 0 fully saturated rings. The fourth-order valence-electron chi connectivity index (χ4n) is 1.47. The van der Waals surface area contributed by atoms with Crippen molar-refractivity contribution in [2.45, 2.75) is 38.9 Å². The molecule has 1 aromatic rings. The average Bonchev–Trinajstić information content (AvgIpc) is 2.31. The maximum absolute atomic E-state index is 11.0. The number of aliphatic carboxylic acids is 1. The molecule has 94 valence electrons. The fraction of sp³-hybridized carbons (Fsp3) is 0.462. The molecule has 0 aliphatic carbocycles. The van der Waals surface area contributed by atoms with Crippen molar-refractivity contribution in [1.82, 2.24) is 0 Å². The lowest BCUT2D eigenvalue weighted by Gasteiger charge is -2.13. The van der Waals surface area contributed by atoms with E-state index in [2.05, 4.69) is 15.9 Å². The van der Waals surface area contributed by atoms with Crippen LogP contribution in [0.5, 0.6) is 0 Å². The molecule has 4 heteroatoms. The molecule has 1 N–H and O–H groups in total. The van der Waals surface area contributed by atoms with E-state index in [9.17, 15) is 4.79 Å². The van der Waals surface area contributed by atoms with Crippen LogP contribution in [-0.2, 0) is 16.1 Å². The zero-order chi connectivity index (χ0) is 12.7. The predicted molar refractivity (Wildman–Crippen MR) is 69.9 cm³/mol. The summed E-state index contributed by atoms with van der Waals surface area (Å²) >= 11 is 3.41. The van der Waals surface area contributed by atoms with Crippen molar-refractivity contribution in [2.75, 3.05) is 0 Å². The minimum Gasteiger partial charge on any atom is -0.479 e. The summed E-state index contributed by atoms with van der Waals surface area (Å²) in [5.74, 6) is -0.884. The summed E-state index contributed by atoms with van der Waals surface area (Å²) in [6, 6.07) is 7.66. The smallest absolute Gasteiger partial charge is 0.332 e. The van der Waals surface area contributed by atoms with Gasteiger partial charge in [0.2, 0.25) is 0 Å². The Bertz CT molecular complexity index is 365. The number of ether oxygens (including phenoxy) is 1. The number of rotatable bonds is 7. The molecule has 0 aliphatic heterocycles. The molecular weight excluding hydrogens is 284 g/mol. The minimum atomic E-state index is -0.884. The molecule has 0 heterocycles. The van der Waals surface area contributed by atoms with E-state index < -0.39 is 12.1 Å². The Balaban J connectivity index is 2.52. The third-order valence-corrected chi connectivity index (χ3v) is 3.27. The van der Waals surface area contributed by atoms with Gasteiger partial charge in [0.05, 0.1) is 6.61 Å². The first-order chi connectivity index (χ1) is 8.15. The number of carbonyl (C=O) groups is 1. The van der Waals surface area contributed by atoms with Crippen molar-refractivity contribution in [1.29, 1.82) is 0 Å². The third kappa shape index (κ3) is 4.88. The maximum Gasteiger partial charge on any atom is 0.332 e. The highest BCUT2D eigenvalue weighted by atomic mass is 79.9. The first-order valence-corrected chi connectivity index (χ1v) is 6.52. The molecule has 1 aromatic carbocycles. The van der Waals surface area contributed by atoms with E-state index in [1.807, 2.05) is 31.2 Å². The van der Waals surface area contributed by atoms with Crippen LogP contribution in [0.1, 0.15) is 31.7 Å². The van der Waals surface area contributed by atoms with Crippen molar-refractivity contribution in [3.8, 4) is 0 Å². The van der Waals surface area contributed by atoms with E-state index in [0.29, 0.717) is 13.0 Å². The summed E-state index contributed by atoms with van der Waals surface area (Å²) in [4.78, 5) is 11.0. The number of carboxylic acids is 1. The summed E-state index contributed by atoms with van der Waals surface area (Å²) in [7, 11) is 0. The standard InChI is InChI=1S/C13H17BrO3/c1-2-3-8-12(13(15)16)17-9-10-6-4-5-7-11(10)14/h4-7,12H,2-3,8-9H2,1H3,(H,15,16). The summed E-state index contributed by atoms with van der Waals surface area (Å²) < 4.78 is 6.39. The van der Waals surface area contributed by atoms with Gasteiger partial charge in [0.15, 0.2) is 6.10 Å². The number of halogens is 1. The van der Waals surface area contributed by atoms with E-state index >= 15 is 0 Å². The Morgan fingerprint density at radius 1 is 1.47 bits per heavy atom. The number of hydrogen-bond acceptors (Lipinski definition) is 2. The molecule has 0 bridgehead atoms. The van der Waals surface area contributed by atoms with Gasteiger partial charge in [-0.1, -0.05) is 53.9 Å². The van der Waals surface area contributed by atoms with Gasteiger partial charge in [0.1, 0.15) is 0 Å². The molecule has 0 amide bonds. The van der Waals surface area contributed by atoms with E-state index in [-0.39, 0.29) is 0 Å². The third-order valence-electron chi connectivity index (χ3n) is 2.49. The summed E-state index contributed by atoms with van der Waals surface area (Å²) in [5.41, 5.74) is 0.968. The van der Waals surface area contributed by atoms with Crippen LogP contribution in [-0.4, -0.2) is 17.2 Å². The number of carboxylic acid groups (broad SMARTS) is 1. The highest BCUT2D eigenvalue weighted by Crippen LogP contribution is 2.18. The van der Waals surface area contributed by atoms with Gasteiger partial charge < -0.3 is 9.84 Å². The van der Waals surface area contributed by atoms with Crippen LogP contribution in [0.25, 0.3) is 0 Å². The largest absolute Gasteiger partial charge is 0.479 e. The summed E-state index contributed by atoms with van der Waals surface area (Å²) in [6.45, 7) is 2.36. The molecule has 1 rings (SSSR count). The second-order valence-corrected chi connectivity index (χ2v) is 4.73. The SMILES string of the molecule is CCCCC(OCc1ccccc1Br)C(=O)O. The molecule has 1 atom stereocenters. The highest BCUT2D eigenvalue weighted by molar-refractivity contribution is 9.10. The van der Waals surface area contributed by atoms with Crippen LogP contribution in [0, 0.1) is 0 Å². The number of hydrogen-bond donors (Lipinski definition) is 1. The van der Waals surface area contributed by atoms with Gasteiger partial charge in [-0.05, 0) is 18.1 Å². The van der Waals surface area contributed by atoms with Gasteiger partial charge >= 0.3 is 5.97 Å². The van der Waals surface area contributed by atoms with Gasteiger partial charge in [0.25, 0.3) is 0 Å². The quantitative estimate of drug-likeness (QED) is 0.837. The van der Waals surface area contributed by atoms with Gasteiger partial charge in [-0.2, -0.15) is 0 Å². The monoisotopic (exact) mass is 300 g/mol. The van der Waals surface area contributed by atoms with Crippen molar-refractivity contribution in [3.63, 3.8) is 0 Å². The van der Waals surface area contributed by atoms with E-state index in [4.69, 9.17) is 9.84 Å². The molecule has 0 radical (unpaired) electrons. The van der Waals surface area contributed by atoms with Crippen LogP contribution >= 0.6 is 15.9 Å². The normalized spacial score (nSPS) is 12.4. The Morgan fingerprint density at radius 3 is 2.76 bits per heavy atom. The number of unbranched alkanes of at least 4 members (excludes halogenated alkanes) is 1. The van der Waals surface area contributed by atoms with Gasteiger partial charge in [0, 0.05) is 4.47 Å². The molecule has 0 saturated carbocycles. The molecule has 0 spiro atoms. The van der Waals surface area contributed by atoms with Gasteiger partial charge in [-0.3, -0.25) is 0 Å². The van der Waals surface area contributed by atoms with Crippen LogP contribution in [0.2, 0.25) is 0 Å². The van der Waals surface area contributed by atoms with Gasteiger partial charge in [-0.15, -0.1) is 0 Å². The Labute approximate surface area is 110 Å². The van der Waals surface area contributed by atoms with Crippen LogP contribution in [0.4, 0.5) is 0 Å². The Hall–Kier alpha value is -0.870. The molecule has 0 aromatic heterocycles. The lowest BCUT2D eigenvalue weighted by Crippen LogP contribution is -2.23. The van der Waals surface area contributed by atoms with Crippen molar-refractivity contribution in [2.24, 2.45) is 0 Å². The van der Waals surface area contributed by atoms with Crippen molar-refractivity contribution in [3.05, 3.63) is 34.3 Å². The molecule has 0 saturated heterocycles. The van der Waals surface area contributed by atoms with Crippen molar-refractivity contribution >= 4 is 21.9 Å². The van der Waals surface area contributed by atoms with E-state index in [0.717, 1.165) is 22.9 Å². The topological polar surface area (TPSA) is 46.5 Å². The van der Waals surface area contributed by atoms with E-state index in [1.165, 1.54) is 0 Å². The molecular formula is C13H17BrO3. The predicted octanol–water partition coefficient (Wildman–Crippen LogP) is 3.61. The molecule has 3 nitrogen and oxygen atoms in total. The maximum atomic E-state index is 11.0. The highest BCUT2D eigenvalue weighted by Gasteiger charge is 2.17. The van der Waals surface area contributed by atoms with Gasteiger partial charge in [-0.25, -0.2) is 4.79 Å². The zero-order valence-electron chi connectivity index (χ0n) is 9.86. The van der Waals surface area contributed by atoms with E-state index in [1.54, 1.807) is 0 Å². The zero-order valence-corrected chi connectivity index (χ0v) is 11.4. The van der Waals surface area contributed by atoms with Crippen LogP contribution < -0.4 is 0 Å². The van der Waals surface area contributed by atoms with Crippen LogP contribution in [0.3, 0.4) is 0 Å². The number of benzene rings is 1. The lowest BCUT2D eigenvalue weighted by molar-refractivity contribution is -0.151. The lowest BCUT2D eigenvalue weighted by atomic mass is 10.1. The molecule has 17 heavy (non-hydrogen) atoms. The molecule has 0 aliphatic rings. The summed E-state index contributed by atoms with van der Waals surface area (Å²) in [6.07, 6.45) is 1.70.